The Labute approximate surface area is 123 Å². The van der Waals surface area contributed by atoms with Crippen LogP contribution in [0.4, 0.5) is 0 Å². The fourth-order valence-corrected chi connectivity index (χ4v) is 3.32. The molecule has 0 saturated heterocycles. The molecule has 4 nitrogen and oxygen atoms in total. The minimum Gasteiger partial charge on any atom is -0.392 e. The van der Waals surface area contributed by atoms with Crippen molar-refractivity contribution in [1.29, 1.82) is 0 Å². The van der Waals surface area contributed by atoms with Gasteiger partial charge in [0.1, 0.15) is 0 Å². The van der Waals surface area contributed by atoms with Crippen LogP contribution in [-0.4, -0.2) is 26.2 Å². The molecule has 2 N–H and O–H groups in total. The van der Waals surface area contributed by atoms with Gasteiger partial charge in [-0.25, -0.2) is 13.1 Å². The van der Waals surface area contributed by atoms with E-state index in [-0.39, 0.29) is 12.3 Å². The van der Waals surface area contributed by atoms with E-state index in [1.54, 1.807) is 12.1 Å². The Morgan fingerprint density at radius 2 is 2.05 bits per heavy atom. The van der Waals surface area contributed by atoms with Crippen molar-refractivity contribution in [3.8, 4) is 0 Å². The minimum atomic E-state index is -3.52. The number of nitrogens with one attached hydrogen (secondary N) is 1. The molecule has 1 unspecified atom stereocenters. The van der Waals surface area contributed by atoms with Gasteiger partial charge in [0.05, 0.1) is 11.9 Å². The third kappa shape index (κ3) is 6.10. The van der Waals surface area contributed by atoms with E-state index in [1.807, 2.05) is 6.92 Å². The predicted octanol–water partition coefficient (Wildman–Crippen LogP) is 2.57. The molecule has 108 valence electrons. The van der Waals surface area contributed by atoms with Crippen molar-refractivity contribution in [3.05, 3.63) is 33.8 Å². The van der Waals surface area contributed by atoms with Crippen molar-refractivity contribution < 1.29 is 13.5 Å². The van der Waals surface area contributed by atoms with Gasteiger partial charge in [-0.1, -0.05) is 42.6 Å². The minimum absolute atomic E-state index is 0.0153. The maximum atomic E-state index is 11.8. The van der Waals surface area contributed by atoms with E-state index in [1.165, 1.54) is 6.07 Å². The van der Waals surface area contributed by atoms with Crippen molar-refractivity contribution >= 4 is 33.2 Å². The Morgan fingerprint density at radius 3 is 2.63 bits per heavy atom. The average Bonchev–Trinajstić information content (AvgIpc) is 2.31. The number of hydrogen-bond acceptors (Lipinski definition) is 3. The molecular formula is C12H17Cl2NO3S. The average molecular weight is 326 g/mol. The van der Waals surface area contributed by atoms with E-state index < -0.39 is 16.1 Å². The van der Waals surface area contributed by atoms with Crippen LogP contribution in [-0.2, 0) is 15.8 Å². The molecule has 0 radical (unpaired) electrons. The van der Waals surface area contributed by atoms with Gasteiger partial charge in [-0.15, -0.1) is 0 Å². The standard InChI is InChI=1S/C12H17Cl2NO3S/c1-2-3-11(16)7-15-19(17,18)8-9-4-5-10(13)6-12(9)14/h4-6,11,15-16H,2-3,7-8H2,1H3. The molecule has 1 aromatic rings. The molecule has 19 heavy (non-hydrogen) atoms. The molecule has 1 rings (SSSR count). The van der Waals surface area contributed by atoms with Crippen LogP contribution in [0, 0.1) is 0 Å². The SMILES string of the molecule is CCCC(O)CNS(=O)(=O)Cc1ccc(Cl)cc1Cl. The lowest BCUT2D eigenvalue weighted by Crippen LogP contribution is -2.32. The second-order valence-electron chi connectivity index (χ2n) is 4.29. The van der Waals surface area contributed by atoms with Crippen LogP contribution >= 0.6 is 23.2 Å². The highest BCUT2D eigenvalue weighted by atomic mass is 35.5. The normalized spacial score (nSPS) is 13.5. The van der Waals surface area contributed by atoms with Crippen LogP contribution in [0.15, 0.2) is 18.2 Å². The van der Waals surface area contributed by atoms with E-state index in [0.29, 0.717) is 22.0 Å². The van der Waals surface area contributed by atoms with Crippen LogP contribution in [0.25, 0.3) is 0 Å². The van der Waals surface area contributed by atoms with Crippen molar-refractivity contribution in [2.24, 2.45) is 0 Å². The van der Waals surface area contributed by atoms with Gasteiger partial charge < -0.3 is 5.11 Å². The molecule has 0 aliphatic rings. The fourth-order valence-electron chi connectivity index (χ4n) is 1.55. The van der Waals surface area contributed by atoms with E-state index >= 15 is 0 Å². The number of benzene rings is 1. The first kappa shape index (κ1) is 16.7. The van der Waals surface area contributed by atoms with E-state index in [0.717, 1.165) is 6.42 Å². The summed E-state index contributed by atoms with van der Waals surface area (Å²) in [6, 6.07) is 4.66. The Kier molecular flexibility index (Phi) is 6.56. The Bertz CT molecular complexity index is 520. The van der Waals surface area contributed by atoms with Gasteiger partial charge in [-0.05, 0) is 24.1 Å². The first-order valence-electron chi connectivity index (χ1n) is 5.93. The third-order valence-electron chi connectivity index (χ3n) is 2.52. The summed E-state index contributed by atoms with van der Waals surface area (Å²) in [6.07, 6.45) is 0.691. The smallest absolute Gasteiger partial charge is 0.215 e. The van der Waals surface area contributed by atoms with Crippen LogP contribution in [0.3, 0.4) is 0 Å². The molecular weight excluding hydrogens is 309 g/mol. The second-order valence-corrected chi connectivity index (χ2v) is 6.94. The summed E-state index contributed by atoms with van der Waals surface area (Å²) < 4.78 is 26.0. The number of halogens is 2. The van der Waals surface area contributed by atoms with Crippen molar-refractivity contribution in [2.75, 3.05) is 6.54 Å². The lowest BCUT2D eigenvalue weighted by Gasteiger charge is -2.12. The monoisotopic (exact) mass is 325 g/mol. The van der Waals surface area contributed by atoms with Gasteiger partial charge in [0.2, 0.25) is 10.0 Å². The zero-order valence-corrected chi connectivity index (χ0v) is 12.9. The third-order valence-corrected chi connectivity index (χ3v) is 4.41. The highest BCUT2D eigenvalue weighted by Crippen LogP contribution is 2.22. The second kappa shape index (κ2) is 7.45. The van der Waals surface area contributed by atoms with Crippen LogP contribution < -0.4 is 4.72 Å². The Balaban J connectivity index is 2.64. The van der Waals surface area contributed by atoms with Crippen LogP contribution in [0.5, 0.6) is 0 Å². The molecule has 0 aliphatic heterocycles. The molecule has 0 heterocycles. The Morgan fingerprint density at radius 1 is 1.37 bits per heavy atom. The lowest BCUT2D eigenvalue weighted by molar-refractivity contribution is 0.167. The zero-order valence-electron chi connectivity index (χ0n) is 10.6. The molecule has 0 aliphatic carbocycles. The largest absolute Gasteiger partial charge is 0.392 e. The van der Waals surface area contributed by atoms with E-state index in [4.69, 9.17) is 23.2 Å². The summed E-state index contributed by atoms with van der Waals surface area (Å²) in [5, 5.41) is 10.3. The molecule has 0 fully saturated rings. The van der Waals surface area contributed by atoms with Crippen molar-refractivity contribution in [2.45, 2.75) is 31.6 Å². The molecule has 1 aromatic carbocycles. The summed E-state index contributed by atoms with van der Waals surface area (Å²) in [5.74, 6) is -0.234. The summed E-state index contributed by atoms with van der Waals surface area (Å²) >= 11 is 11.7. The molecule has 0 spiro atoms. The van der Waals surface area contributed by atoms with Gasteiger partial charge >= 0.3 is 0 Å². The highest BCUT2D eigenvalue weighted by molar-refractivity contribution is 7.88. The topological polar surface area (TPSA) is 66.4 Å². The molecule has 0 saturated carbocycles. The number of aliphatic hydroxyl groups is 1. The summed E-state index contributed by atoms with van der Waals surface area (Å²) in [6.45, 7) is 1.94. The Hall–Kier alpha value is -0.330. The number of hydrogen-bond donors (Lipinski definition) is 2. The van der Waals surface area contributed by atoms with Crippen LogP contribution in [0.1, 0.15) is 25.3 Å². The summed E-state index contributed by atoms with van der Waals surface area (Å²) in [4.78, 5) is 0. The molecule has 0 amide bonds. The van der Waals surface area contributed by atoms with Crippen molar-refractivity contribution in [3.63, 3.8) is 0 Å². The molecule has 0 aromatic heterocycles. The number of sulfonamides is 1. The van der Waals surface area contributed by atoms with E-state index in [2.05, 4.69) is 4.72 Å². The van der Waals surface area contributed by atoms with Gasteiger partial charge in [0.15, 0.2) is 0 Å². The molecule has 0 bridgehead atoms. The van der Waals surface area contributed by atoms with Gasteiger partial charge in [-0.3, -0.25) is 0 Å². The predicted molar refractivity (Wildman–Crippen MR) is 78.0 cm³/mol. The lowest BCUT2D eigenvalue weighted by atomic mass is 10.2. The quantitative estimate of drug-likeness (QED) is 0.809. The van der Waals surface area contributed by atoms with Gasteiger partial charge in [-0.2, -0.15) is 0 Å². The number of aliphatic hydroxyl groups excluding tert-OH is 1. The first-order valence-corrected chi connectivity index (χ1v) is 8.34. The van der Waals surface area contributed by atoms with E-state index in [9.17, 15) is 13.5 Å². The fraction of sp³-hybridized carbons (Fsp3) is 0.500. The van der Waals surface area contributed by atoms with Crippen LogP contribution in [0.2, 0.25) is 10.0 Å². The summed E-state index contributed by atoms with van der Waals surface area (Å²) in [7, 11) is -3.52. The highest BCUT2D eigenvalue weighted by Gasteiger charge is 2.15. The molecule has 1 atom stereocenters. The first-order chi connectivity index (χ1) is 8.84. The maximum Gasteiger partial charge on any atom is 0.215 e. The number of rotatable bonds is 7. The van der Waals surface area contributed by atoms with Gasteiger partial charge in [0.25, 0.3) is 0 Å². The maximum absolute atomic E-state index is 11.8. The van der Waals surface area contributed by atoms with Gasteiger partial charge in [0, 0.05) is 16.6 Å². The zero-order chi connectivity index (χ0) is 14.5. The summed E-state index contributed by atoms with van der Waals surface area (Å²) in [5.41, 5.74) is 0.476. The molecule has 7 heteroatoms. The van der Waals surface area contributed by atoms with Crippen molar-refractivity contribution in [1.82, 2.24) is 4.72 Å².